The van der Waals surface area contributed by atoms with Crippen molar-refractivity contribution in [2.24, 2.45) is 0 Å². The predicted octanol–water partition coefficient (Wildman–Crippen LogP) is 2.88. The van der Waals surface area contributed by atoms with Crippen molar-refractivity contribution in [2.75, 3.05) is 19.4 Å². The molecule has 2 rings (SSSR count). The number of carbonyl (C=O) groups excluding carboxylic acids is 3. The Kier molecular flexibility index (Phi) is 6.59. The van der Waals surface area contributed by atoms with Gasteiger partial charge in [0.2, 0.25) is 0 Å². The molecule has 26 heavy (non-hydrogen) atoms. The molecule has 0 radical (unpaired) electrons. The van der Waals surface area contributed by atoms with E-state index in [1.54, 1.807) is 25.1 Å². The Labute approximate surface area is 159 Å². The fourth-order valence-electron chi connectivity index (χ4n) is 2.19. The summed E-state index contributed by atoms with van der Waals surface area (Å²) < 4.78 is 10.2. The van der Waals surface area contributed by atoms with E-state index in [1.165, 1.54) is 13.1 Å². The lowest BCUT2D eigenvalue weighted by Gasteiger charge is -2.09. The van der Waals surface area contributed by atoms with Gasteiger partial charge in [0.15, 0.2) is 0 Å². The highest BCUT2D eigenvalue weighted by Gasteiger charge is 2.27. The summed E-state index contributed by atoms with van der Waals surface area (Å²) in [5.74, 6) is -1.81. The van der Waals surface area contributed by atoms with Crippen molar-refractivity contribution < 1.29 is 23.9 Å². The van der Waals surface area contributed by atoms with Crippen LogP contribution in [0.2, 0.25) is 5.02 Å². The van der Waals surface area contributed by atoms with Gasteiger partial charge in [-0.15, -0.1) is 11.3 Å². The minimum absolute atomic E-state index is 0.0300. The van der Waals surface area contributed by atoms with Crippen molar-refractivity contribution in [3.63, 3.8) is 0 Å². The summed E-state index contributed by atoms with van der Waals surface area (Å²) in [6.07, 6.45) is 0. The minimum atomic E-state index is -0.682. The first-order chi connectivity index (χ1) is 12.4. The molecule has 0 bridgehead atoms. The van der Waals surface area contributed by atoms with Gasteiger partial charge in [0.25, 0.3) is 5.91 Å². The molecule has 138 valence electrons. The van der Waals surface area contributed by atoms with E-state index in [1.807, 2.05) is 0 Å². The Morgan fingerprint density at radius 2 is 1.88 bits per heavy atom. The number of esters is 2. The first-order valence-corrected chi connectivity index (χ1v) is 8.82. The van der Waals surface area contributed by atoms with E-state index >= 15 is 0 Å². The van der Waals surface area contributed by atoms with Gasteiger partial charge in [-0.3, -0.25) is 4.79 Å². The zero-order valence-electron chi connectivity index (χ0n) is 14.1. The molecule has 7 nitrogen and oxygen atoms in total. The topological polar surface area (TPSA) is 108 Å². The summed E-state index contributed by atoms with van der Waals surface area (Å²) in [7, 11) is 1.45. The Bertz CT molecular complexity index is 850. The second-order valence-electron chi connectivity index (χ2n) is 5.00. The highest BCUT2D eigenvalue weighted by Crippen LogP contribution is 2.33. The molecular weight excluding hydrogens is 380 g/mol. The van der Waals surface area contributed by atoms with Crippen molar-refractivity contribution in [1.29, 1.82) is 0 Å². The van der Waals surface area contributed by atoms with Crippen LogP contribution in [0, 0.1) is 0 Å². The number of ether oxygens (including phenoxy) is 2. The zero-order chi connectivity index (χ0) is 19.3. The minimum Gasteiger partial charge on any atom is -0.462 e. The maximum absolute atomic E-state index is 12.3. The molecule has 1 aromatic carbocycles. The van der Waals surface area contributed by atoms with Crippen LogP contribution in [-0.2, 0) is 16.1 Å². The van der Waals surface area contributed by atoms with E-state index in [0.717, 1.165) is 11.3 Å². The number of nitrogens with one attached hydrogen (secondary N) is 1. The molecule has 1 heterocycles. The average molecular weight is 397 g/mol. The fourth-order valence-corrected chi connectivity index (χ4v) is 3.41. The smallest absolute Gasteiger partial charge is 0.341 e. The summed E-state index contributed by atoms with van der Waals surface area (Å²) in [6.45, 7) is 1.47. The Hall–Kier alpha value is -2.58. The number of nitrogen functional groups attached to an aromatic ring is 1. The number of thiophene rings is 1. The second-order valence-corrected chi connectivity index (χ2v) is 6.46. The molecule has 9 heteroatoms. The molecule has 0 unspecified atom stereocenters. The lowest BCUT2D eigenvalue weighted by atomic mass is 10.1. The number of benzene rings is 1. The Balaban J connectivity index is 2.34. The molecule has 0 atom stereocenters. The van der Waals surface area contributed by atoms with E-state index in [0.29, 0.717) is 0 Å². The molecule has 1 aromatic heterocycles. The van der Waals surface area contributed by atoms with Gasteiger partial charge in [-0.25, -0.2) is 9.59 Å². The molecule has 0 saturated carbocycles. The van der Waals surface area contributed by atoms with Crippen molar-refractivity contribution >= 4 is 45.8 Å². The summed E-state index contributed by atoms with van der Waals surface area (Å²) >= 11 is 6.90. The fraction of sp³-hybridized carbons (Fsp3) is 0.235. The van der Waals surface area contributed by atoms with Gasteiger partial charge >= 0.3 is 11.9 Å². The molecule has 0 saturated heterocycles. The van der Waals surface area contributed by atoms with Crippen LogP contribution in [0.1, 0.15) is 42.9 Å². The first kappa shape index (κ1) is 19.7. The van der Waals surface area contributed by atoms with Gasteiger partial charge in [-0.2, -0.15) is 0 Å². The Morgan fingerprint density at radius 3 is 2.50 bits per heavy atom. The van der Waals surface area contributed by atoms with E-state index in [9.17, 15) is 14.4 Å². The molecule has 3 N–H and O–H groups in total. The number of amides is 1. The summed E-state index contributed by atoms with van der Waals surface area (Å²) in [4.78, 5) is 36.7. The third-order valence-corrected chi connectivity index (χ3v) is 4.78. The quantitative estimate of drug-likeness (QED) is 0.727. The van der Waals surface area contributed by atoms with Crippen molar-refractivity contribution in [2.45, 2.75) is 13.5 Å². The molecule has 0 aliphatic heterocycles. The summed E-state index contributed by atoms with van der Waals surface area (Å²) in [6, 6.07) is 6.39. The maximum atomic E-state index is 12.3. The first-order valence-electron chi connectivity index (χ1n) is 7.62. The number of hydrogen-bond acceptors (Lipinski definition) is 7. The second kappa shape index (κ2) is 8.68. The third kappa shape index (κ3) is 4.14. The average Bonchev–Trinajstić information content (AvgIpc) is 2.96. The van der Waals surface area contributed by atoms with Crippen LogP contribution in [-0.4, -0.2) is 31.5 Å². The maximum Gasteiger partial charge on any atom is 0.341 e. The van der Waals surface area contributed by atoms with Gasteiger partial charge in [-0.1, -0.05) is 23.7 Å². The van der Waals surface area contributed by atoms with E-state index in [4.69, 9.17) is 26.8 Å². The highest BCUT2D eigenvalue weighted by atomic mass is 35.5. The highest BCUT2D eigenvalue weighted by molar-refractivity contribution is 7.18. The third-order valence-electron chi connectivity index (χ3n) is 3.39. The lowest BCUT2D eigenvalue weighted by Crippen LogP contribution is -2.20. The number of nitrogens with two attached hydrogens (primary N) is 1. The molecule has 0 aliphatic carbocycles. The number of anilines is 1. The van der Waals surface area contributed by atoms with Crippen LogP contribution in [0.25, 0.3) is 0 Å². The van der Waals surface area contributed by atoms with Crippen LogP contribution < -0.4 is 11.1 Å². The molecule has 0 fully saturated rings. The lowest BCUT2D eigenvalue weighted by molar-refractivity contribution is 0.0450. The molecule has 1 amide bonds. The van der Waals surface area contributed by atoms with E-state index in [-0.39, 0.29) is 44.8 Å². The molecular formula is C17H17ClN2O5S. The number of hydrogen-bond donors (Lipinski definition) is 2. The largest absolute Gasteiger partial charge is 0.462 e. The molecule has 0 spiro atoms. The SMILES string of the molecule is CCOC(=O)c1c(N)sc(C(=O)NC)c1COC(=O)c1ccccc1Cl. The molecule has 2 aromatic rings. The normalized spacial score (nSPS) is 10.3. The van der Waals surface area contributed by atoms with Crippen LogP contribution in [0.4, 0.5) is 5.00 Å². The predicted molar refractivity (Wildman–Crippen MR) is 98.6 cm³/mol. The van der Waals surface area contributed by atoms with Crippen LogP contribution >= 0.6 is 22.9 Å². The van der Waals surface area contributed by atoms with Crippen molar-refractivity contribution in [1.82, 2.24) is 5.32 Å². The molecule has 0 aliphatic rings. The van der Waals surface area contributed by atoms with Gasteiger partial charge in [-0.05, 0) is 19.1 Å². The van der Waals surface area contributed by atoms with Crippen LogP contribution in [0.3, 0.4) is 0 Å². The van der Waals surface area contributed by atoms with Crippen LogP contribution in [0.5, 0.6) is 0 Å². The number of carbonyl (C=O) groups is 3. The van der Waals surface area contributed by atoms with Gasteiger partial charge in [0.05, 0.1) is 17.2 Å². The van der Waals surface area contributed by atoms with Gasteiger partial charge in [0, 0.05) is 12.6 Å². The zero-order valence-corrected chi connectivity index (χ0v) is 15.7. The standard InChI is InChI=1S/C17H17ClN2O5S/c1-3-24-17(23)12-10(13(15(21)20-2)26-14(12)19)8-25-16(22)9-6-4-5-7-11(9)18/h4-7H,3,8,19H2,1-2H3,(H,20,21). The van der Waals surface area contributed by atoms with Crippen LogP contribution in [0.15, 0.2) is 24.3 Å². The van der Waals surface area contributed by atoms with Crippen molar-refractivity contribution in [3.05, 3.63) is 50.9 Å². The Morgan fingerprint density at radius 1 is 1.19 bits per heavy atom. The summed E-state index contributed by atoms with van der Waals surface area (Å²) in [5.41, 5.74) is 6.29. The van der Waals surface area contributed by atoms with E-state index in [2.05, 4.69) is 5.32 Å². The monoisotopic (exact) mass is 396 g/mol. The van der Waals surface area contributed by atoms with Gasteiger partial charge in [0.1, 0.15) is 22.0 Å². The van der Waals surface area contributed by atoms with E-state index < -0.39 is 17.8 Å². The van der Waals surface area contributed by atoms with Gasteiger partial charge < -0.3 is 20.5 Å². The number of halogens is 1. The van der Waals surface area contributed by atoms with Crippen molar-refractivity contribution in [3.8, 4) is 0 Å². The number of rotatable bonds is 6. The summed E-state index contributed by atoms with van der Waals surface area (Å²) in [5, 5.41) is 2.82.